The molecule has 0 spiro atoms. The van der Waals surface area contributed by atoms with E-state index in [4.69, 9.17) is 0 Å². The van der Waals surface area contributed by atoms with Gasteiger partial charge >= 0.3 is 0 Å². The van der Waals surface area contributed by atoms with E-state index in [0.717, 1.165) is 22.9 Å². The van der Waals surface area contributed by atoms with E-state index in [1.807, 2.05) is 26.1 Å². The van der Waals surface area contributed by atoms with Crippen LogP contribution in [0.25, 0.3) is 0 Å². The summed E-state index contributed by atoms with van der Waals surface area (Å²) in [6.07, 6.45) is 1.93. The average Bonchev–Trinajstić information content (AvgIpc) is 2.41. The van der Waals surface area contributed by atoms with E-state index in [0.29, 0.717) is 18.0 Å². The lowest BCUT2D eigenvalue weighted by atomic mass is 10.1. The molecule has 2 rings (SSSR count). The molecule has 1 aromatic carbocycles. The molecule has 1 unspecified atom stereocenters. The number of halogens is 2. The van der Waals surface area contributed by atoms with Crippen molar-refractivity contribution >= 4 is 38.4 Å². The van der Waals surface area contributed by atoms with Crippen molar-refractivity contribution in [1.29, 1.82) is 0 Å². The Bertz CT molecular complexity index is 565. The van der Waals surface area contributed by atoms with Gasteiger partial charge in [0.1, 0.15) is 0 Å². The minimum atomic E-state index is -3.39. The highest BCUT2D eigenvalue weighted by molar-refractivity contribution is 9.10. The normalized spacial score (nSPS) is 20.4. The molecule has 0 saturated carbocycles. The predicted molar refractivity (Wildman–Crippen MR) is 87.0 cm³/mol. The Morgan fingerprint density at radius 1 is 1.40 bits per heavy atom. The van der Waals surface area contributed by atoms with Gasteiger partial charge in [-0.25, -0.2) is 8.42 Å². The van der Waals surface area contributed by atoms with Gasteiger partial charge in [0.25, 0.3) is 0 Å². The van der Waals surface area contributed by atoms with Gasteiger partial charge in [-0.15, -0.1) is 12.4 Å². The van der Waals surface area contributed by atoms with Crippen molar-refractivity contribution in [2.45, 2.75) is 30.7 Å². The second-order valence-electron chi connectivity index (χ2n) is 4.90. The van der Waals surface area contributed by atoms with Gasteiger partial charge in [-0.3, -0.25) is 0 Å². The third-order valence-corrected chi connectivity index (χ3v) is 6.06. The lowest BCUT2D eigenvalue weighted by Gasteiger charge is -2.32. The van der Waals surface area contributed by atoms with E-state index in [-0.39, 0.29) is 18.4 Å². The summed E-state index contributed by atoms with van der Waals surface area (Å²) in [7, 11) is -1.51. The summed E-state index contributed by atoms with van der Waals surface area (Å²) in [5.74, 6) is 0. The van der Waals surface area contributed by atoms with Crippen molar-refractivity contribution < 1.29 is 8.42 Å². The SMILES string of the molecule is CNC1CCCN(S(=O)(=O)c2cc(Br)ccc2C)C1.Cl. The van der Waals surface area contributed by atoms with E-state index in [1.54, 1.807) is 10.4 Å². The number of likely N-dealkylation sites (N-methyl/N-ethyl adjacent to an activating group) is 1. The Kier molecular flexibility index (Phi) is 6.47. The van der Waals surface area contributed by atoms with Gasteiger partial charge in [0.2, 0.25) is 10.0 Å². The standard InChI is InChI=1S/C13H19BrN2O2S.ClH/c1-10-5-6-11(14)8-13(10)19(17,18)16-7-3-4-12(9-16)15-2;/h5-6,8,12,15H,3-4,7,9H2,1-2H3;1H. The molecule has 1 aliphatic heterocycles. The summed E-state index contributed by atoms with van der Waals surface area (Å²) < 4.78 is 27.8. The number of hydrogen-bond acceptors (Lipinski definition) is 3. The van der Waals surface area contributed by atoms with Gasteiger partial charge in [-0.1, -0.05) is 22.0 Å². The van der Waals surface area contributed by atoms with Crippen LogP contribution in [0.15, 0.2) is 27.6 Å². The quantitative estimate of drug-likeness (QED) is 0.872. The molecule has 1 aromatic rings. The zero-order valence-corrected chi connectivity index (χ0v) is 14.8. The van der Waals surface area contributed by atoms with Crippen LogP contribution >= 0.6 is 28.3 Å². The summed E-state index contributed by atoms with van der Waals surface area (Å²) in [4.78, 5) is 0.402. The van der Waals surface area contributed by atoms with Crippen LogP contribution in [0.3, 0.4) is 0 Å². The highest BCUT2D eigenvalue weighted by atomic mass is 79.9. The topological polar surface area (TPSA) is 49.4 Å². The van der Waals surface area contributed by atoms with Crippen molar-refractivity contribution in [2.24, 2.45) is 0 Å². The Labute approximate surface area is 135 Å². The van der Waals surface area contributed by atoms with Crippen molar-refractivity contribution in [1.82, 2.24) is 9.62 Å². The number of nitrogens with one attached hydrogen (secondary N) is 1. The third kappa shape index (κ3) is 3.74. The van der Waals surface area contributed by atoms with Crippen LogP contribution in [0.1, 0.15) is 18.4 Å². The van der Waals surface area contributed by atoms with E-state index in [9.17, 15) is 8.42 Å². The summed E-state index contributed by atoms with van der Waals surface area (Å²) in [5.41, 5.74) is 0.787. The van der Waals surface area contributed by atoms with Crippen molar-refractivity contribution in [3.8, 4) is 0 Å². The molecule has 1 fully saturated rings. The van der Waals surface area contributed by atoms with Crippen LogP contribution in [0, 0.1) is 6.92 Å². The van der Waals surface area contributed by atoms with Crippen LogP contribution in [-0.2, 0) is 10.0 Å². The molecular weight excluding hydrogens is 364 g/mol. The molecule has 4 nitrogen and oxygen atoms in total. The second-order valence-corrected chi connectivity index (χ2v) is 7.72. The van der Waals surface area contributed by atoms with Crippen LogP contribution in [-0.4, -0.2) is 38.9 Å². The molecule has 1 aliphatic rings. The largest absolute Gasteiger partial charge is 0.316 e. The van der Waals surface area contributed by atoms with Crippen molar-refractivity contribution in [3.05, 3.63) is 28.2 Å². The van der Waals surface area contributed by atoms with Crippen LogP contribution in [0.4, 0.5) is 0 Å². The highest BCUT2D eigenvalue weighted by Crippen LogP contribution is 2.26. The first-order valence-corrected chi connectivity index (χ1v) is 8.62. The van der Waals surface area contributed by atoms with Crippen molar-refractivity contribution in [3.63, 3.8) is 0 Å². The number of nitrogens with zero attached hydrogens (tertiary/aromatic N) is 1. The number of piperidine rings is 1. The van der Waals surface area contributed by atoms with E-state index < -0.39 is 10.0 Å². The fraction of sp³-hybridized carbons (Fsp3) is 0.538. The summed E-state index contributed by atoms with van der Waals surface area (Å²) in [6.45, 7) is 2.98. The molecule has 0 bridgehead atoms. The Morgan fingerprint density at radius 3 is 2.75 bits per heavy atom. The first kappa shape index (κ1) is 17.9. The number of sulfonamides is 1. The zero-order valence-electron chi connectivity index (χ0n) is 11.6. The van der Waals surface area contributed by atoms with E-state index in [2.05, 4.69) is 21.2 Å². The number of rotatable bonds is 3. The Hall–Kier alpha value is -0.140. The Morgan fingerprint density at radius 2 is 2.10 bits per heavy atom. The maximum Gasteiger partial charge on any atom is 0.243 e. The van der Waals surface area contributed by atoms with E-state index >= 15 is 0 Å². The number of aryl methyl sites for hydroxylation is 1. The molecule has 1 atom stereocenters. The van der Waals surface area contributed by atoms with E-state index in [1.165, 1.54) is 0 Å². The molecule has 20 heavy (non-hydrogen) atoms. The summed E-state index contributed by atoms with van der Waals surface area (Å²) >= 11 is 3.34. The molecular formula is C13H20BrClN2O2S. The second kappa shape index (κ2) is 7.22. The monoisotopic (exact) mass is 382 g/mol. The lowest BCUT2D eigenvalue weighted by Crippen LogP contribution is -2.46. The molecule has 0 aliphatic carbocycles. The van der Waals surface area contributed by atoms with Crippen LogP contribution in [0.2, 0.25) is 0 Å². The predicted octanol–water partition coefficient (Wildman–Crippen LogP) is 2.55. The molecule has 7 heteroatoms. The van der Waals surface area contributed by atoms with Gasteiger partial charge in [0.05, 0.1) is 4.90 Å². The van der Waals surface area contributed by atoms with Gasteiger partial charge in [0.15, 0.2) is 0 Å². The minimum absolute atomic E-state index is 0. The molecule has 0 radical (unpaired) electrons. The summed E-state index contributed by atoms with van der Waals surface area (Å²) in [5, 5.41) is 3.17. The lowest BCUT2D eigenvalue weighted by molar-refractivity contribution is 0.292. The first-order valence-electron chi connectivity index (χ1n) is 6.38. The van der Waals surface area contributed by atoms with Gasteiger partial charge in [0, 0.05) is 23.6 Å². The third-order valence-electron chi connectivity index (χ3n) is 3.56. The van der Waals surface area contributed by atoms with Crippen LogP contribution < -0.4 is 5.32 Å². The van der Waals surface area contributed by atoms with Gasteiger partial charge < -0.3 is 5.32 Å². The summed E-state index contributed by atoms with van der Waals surface area (Å²) in [6, 6.07) is 5.63. The molecule has 0 amide bonds. The fourth-order valence-electron chi connectivity index (χ4n) is 2.39. The Balaban J connectivity index is 0.00000200. The fourth-order valence-corrected chi connectivity index (χ4v) is 4.67. The molecule has 1 heterocycles. The highest BCUT2D eigenvalue weighted by Gasteiger charge is 2.30. The smallest absolute Gasteiger partial charge is 0.243 e. The maximum absolute atomic E-state index is 12.7. The van der Waals surface area contributed by atoms with Gasteiger partial charge in [-0.05, 0) is 44.5 Å². The molecule has 1 N–H and O–H groups in total. The van der Waals surface area contributed by atoms with Crippen molar-refractivity contribution in [2.75, 3.05) is 20.1 Å². The number of benzene rings is 1. The minimum Gasteiger partial charge on any atom is -0.316 e. The first-order chi connectivity index (χ1) is 8.95. The maximum atomic E-state index is 12.7. The van der Waals surface area contributed by atoms with Gasteiger partial charge in [-0.2, -0.15) is 4.31 Å². The zero-order chi connectivity index (χ0) is 14.0. The molecule has 0 aromatic heterocycles. The average molecular weight is 384 g/mol. The number of hydrogen-bond donors (Lipinski definition) is 1. The van der Waals surface area contributed by atoms with Crippen LogP contribution in [0.5, 0.6) is 0 Å². The molecule has 1 saturated heterocycles. The molecule has 114 valence electrons.